The highest BCUT2D eigenvalue weighted by atomic mass is 32.1. The minimum Gasteiger partial charge on any atom is -0.375 e. The Kier molecular flexibility index (Phi) is 4.34. The van der Waals surface area contributed by atoms with Crippen LogP contribution in [0.5, 0.6) is 0 Å². The molecular weight excluding hydrogens is 228 g/mol. The summed E-state index contributed by atoms with van der Waals surface area (Å²) in [7, 11) is 0. The Morgan fingerprint density at radius 2 is 2.12 bits per heavy atom. The summed E-state index contributed by atoms with van der Waals surface area (Å²) < 4.78 is 0. The Morgan fingerprint density at radius 3 is 2.62 bits per heavy atom. The molecule has 1 aromatic rings. The molecule has 1 rings (SSSR count). The molecule has 0 aliphatic carbocycles. The average Bonchev–Trinajstić information content (AvgIpc) is 2.25. The second-order valence-electron chi connectivity index (χ2n) is 2.89. The van der Waals surface area contributed by atoms with Crippen molar-refractivity contribution < 1.29 is 4.92 Å². The summed E-state index contributed by atoms with van der Waals surface area (Å²) in [5.74, 6) is 0. The highest BCUT2D eigenvalue weighted by molar-refractivity contribution is 7.80. The summed E-state index contributed by atoms with van der Waals surface area (Å²) in [6, 6.07) is 8.80. The van der Waals surface area contributed by atoms with Gasteiger partial charge in [-0.1, -0.05) is 30.3 Å². The number of benzene rings is 1. The van der Waals surface area contributed by atoms with Gasteiger partial charge < -0.3 is 5.73 Å². The van der Waals surface area contributed by atoms with E-state index in [1.807, 2.05) is 6.07 Å². The molecule has 0 aliphatic heterocycles. The molecule has 0 aromatic heterocycles. The number of hydrogen-bond acceptors (Lipinski definition) is 4. The van der Waals surface area contributed by atoms with Crippen LogP contribution in [0.4, 0.5) is 0 Å². The lowest BCUT2D eigenvalue weighted by Crippen LogP contribution is -2.27. The van der Waals surface area contributed by atoms with Crippen molar-refractivity contribution in [1.82, 2.24) is 5.43 Å². The van der Waals surface area contributed by atoms with E-state index >= 15 is 0 Å². The molecular formula is C9H10N4O2S. The second kappa shape index (κ2) is 5.76. The molecule has 0 spiro atoms. The summed E-state index contributed by atoms with van der Waals surface area (Å²) in [6.07, 6.45) is 0. The summed E-state index contributed by atoms with van der Waals surface area (Å²) in [5.41, 5.74) is 8.47. The number of thiocarbonyl (C=S) groups is 1. The van der Waals surface area contributed by atoms with E-state index in [4.69, 9.17) is 5.73 Å². The van der Waals surface area contributed by atoms with Gasteiger partial charge in [0.2, 0.25) is 6.54 Å². The molecule has 0 fully saturated rings. The van der Waals surface area contributed by atoms with Crippen LogP contribution >= 0.6 is 12.2 Å². The van der Waals surface area contributed by atoms with Gasteiger partial charge in [-0.3, -0.25) is 15.5 Å². The van der Waals surface area contributed by atoms with Gasteiger partial charge in [0.15, 0.2) is 5.11 Å². The van der Waals surface area contributed by atoms with Crippen molar-refractivity contribution in [2.45, 2.75) is 0 Å². The van der Waals surface area contributed by atoms with Crippen LogP contribution in [0.25, 0.3) is 0 Å². The average molecular weight is 238 g/mol. The van der Waals surface area contributed by atoms with E-state index < -0.39 is 4.92 Å². The predicted molar refractivity (Wildman–Crippen MR) is 64.8 cm³/mol. The molecule has 3 N–H and O–H groups in total. The molecule has 0 heterocycles. The normalized spacial score (nSPS) is 10.9. The molecule has 0 radical (unpaired) electrons. The number of nitro groups is 1. The van der Waals surface area contributed by atoms with Crippen LogP contribution in [-0.2, 0) is 0 Å². The van der Waals surface area contributed by atoms with E-state index in [1.165, 1.54) is 0 Å². The zero-order valence-corrected chi connectivity index (χ0v) is 9.11. The van der Waals surface area contributed by atoms with E-state index in [2.05, 4.69) is 22.7 Å². The van der Waals surface area contributed by atoms with Crippen LogP contribution in [0.1, 0.15) is 5.56 Å². The van der Waals surface area contributed by atoms with Gasteiger partial charge in [-0.2, -0.15) is 5.10 Å². The third-order valence-corrected chi connectivity index (χ3v) is 1.78. The van der Waals surface area contributed by atoms with E-state index in [-0.39, 0.29) is 17.4 Å². The largest absolute Gasteiger partial charge is 0.375 e. The van der Waals surface area contributed by atoms with Crippen LogP contribution in [0, 0.1) is 10.1 Å². The Hall–Kier alpha value is -2.02. The van der Waals surface area contributed by atoms with Gasteiger partial charge >= 0.3 is 0 Å². The summed E-state index contributed by atoms with van der Waals surface area (Å²) >= 11 is 4.57. The van der Waals surface area contributed by atoms with Crippen molar-refractivity contribution in [1.29, 1.82) is 0 Å². The maximum Gasteiger partial charge on any atom is 0.247 e. The zero-order valence-electron chi connectivity index (χ0n) is 8.29. The second-order valence-corrected chi connectivity index (χ2v) is 3.33. The van der Waals surface area contributed by atoms with Gasteiger partial charge in [-0.15, -0.1) is 0 Å². The molecule has 0 amide bonds. The smallest absolute Gasteiger partial charge is 0.247 e. The molecule has 6 nitrogen and oxygen atoms in total. The topological polar surface area (TPSA) is 93.5 Å². The summed E-state index contributed by atoms with van der Waals surface area (Å²) in [6.45, 7) is -0.389. The number of nitrogens with two attached hydrogens (primary N) is 1. The van der Waals surface area contributed by atoms with Crippen molar-refractivity contribution in [3.05, 3.63) is 46.0 Å². The van der Waals surface area contributed by atoms with Crippen LogP contribution in [0.3, 0.4) is 0 Å². The number of rotatable bonds is 4. The van der Waals surface area contributed by atoms with Gasteiger partial charge in [0, 0.05) is 10.5 Å². The van der Waals surface area contributed by atoms with Gasteiger partial charge in [0.25, 0.3) is 0 Å². The summed E-state index contributed by atoms with van der Waals surface area (Å²) in [4.78, 5) is 10.00. The standard InChI is InChI=1S/C9H10N4O2S/c10-9(16)12-11-8(6-13(14)15)7-4-2-1-3-5-7/h1-5H,6H2,(H3,10,12,16). The maximum atomic E-state index is 10.5. The van der Waals surface area contributed by atoms with Crippen molar-refractivity contribution in [2.24, 2.45) is 10.8 Å². The number of hydrazone groups is 1. The molecule has 0 atom stereocenters. The van der Waals surface area contributed by atoms with Gasteiger partial charge in [0.1, 0.15) is 5.71 Å². The van der Waals surface area contributed by atoms with Crippen LogP contribution < -0.4 is 11.2 Å². The Morgan fingerprint density at radius 1 is 1.50 bits per heavy atom. The first-order valence-corrected chi connectivity index (χ1v) is 4.79. The zero-order chi connectivity index (χ0) is 12.0. The number of nitrogens with zero attached hydrogens (tertiary/aromatic N) is 2. The summed E-state index contributed by atoms with van der Waals surface area (Å²) in [5, 5.41) is 14.2. The first-order valence-electron chi connectivity index (χ1n) is 4.39. The molecule has 7 heteroatoms. The van der Waals surface area contributed by atoms with Gasteiger partial charge in [-0.25, -0.2) is 0 Å². The fourth-order valence-electron chi connectivity index (χ4n) is 1.07. The Balaban J connectivity index is 2.91. The van der Waals surface area contributed by atoms with Crippen LogP contribution in [-0.4, -0.2) is 22.3 Å². The van der Waals surface area contributed by atoms with E-state index in [1.54, 1.807) is 24.3 Å². The quantitative estimate of drug-likeness (QED) is 0.345. The molecule has 84 valence electrons. The fourth-order valence-corrected chi connectivity index (χ4v) is 1.11. The minimum absolute atomic E-state index is 0.0308. The first kappa shape index (κ1) is 12.1. The molecule has 1 aromatic carbocycles. The van der Waals surface area contributed by atoms with Gasteiger partial charge in [0.05, 0.1) is 0 Å². The fraction of sp³-hybridized carbons (Fsp3) is 0.111. The van der Waals surface area contributed by atoms with Crippen LogP contribution in [0.15, 0.2) is 35.4 Å². The molecule has 0 saturated heterocycles. The lowest BCUT2D eigenvalue weighted by Gasteiger charge is -2.02. The highest BCUT2D eigenvalue weighted by Gasteiger charge is 2.10. The number of hydrogen-bond donors (Lipinski definition) is 2. The molecule has 0 unspecified atom stereocenters. The monoisotopic (exact) mass is 238 g/mol. The third kappa shape index (κ3) is 4.01. The first-order chi connectivity index (χ1) is 7.59. The van der Waals surface area contributed by atoms with Crippen molar-refractivity contribution in [3.63, 3.8) is 0 Å². The van der Waals surface area contributed by atoms with Crippen LogP contribution in [0.2, 0.25) is 0 Å². The van der Waals surface area contributed by atoms with Crippen molar-refractivity contribution >= 4 is 23.0 Å². The molecule has 0 aliphatic rings. The van der Waals surface area contributed by atoms with E-state index in [9.17, 15) is 10.1 Å². The molecule has 0 saturated carbocycles. The van der Waals surface area contributed by atoms with Gasteiger partial charge in [-0.05, 0) is 12.2 Å². The molecule has 0 bridgehead atoms. The van der Waals surface area contributed by atoms with Crippen molar-refractivity contribution in [2.75, 3.05) is 6.54 Å². The molecule has 16 heavy (non-hydrogen) atoms. The highest BCUT2D eigenvalue weighted by Crippen LogP contribution is 2.01. The SMILES string of the molecule is NC(=S)NN=C(C[N+](=O)[O-])c1ccccc1. The lowest BCUT2D eigenvalue weighted by atomic mass is 10.1. The Bertz CT molecular complexity index is 419. The van der Waals surface area contributed by atoms with E-state index in [0.717, 1.165) is 0 Å². The number of nitrogens with one attached hydrogen (secondary N) is 1. The Labute approximate surface area is 97.3 Å². The third-order valence-electron chi connectivity index (χ3n) is 1.69. The minimum atomic E-state index is -0.465. The predicted octanol–water partition coefficient (Wildman–Crippen LogP) is 0.501. The maximum absolute atomic E-state index is 10.5. The van der Waals surface area contributed by atoms with Crippen molar-refractivity contribution in [3.8, 4) is 0 Å². The lowest BCUT2D eigenvalue weighted by molar-refractivity contribution is -0.463. The van der Waals surface area contributed by atoms with E-state index in [0.29, 0.717) is 5.56 Å².